The van der Waals surface area contributed by atoms with Gasteiger partial charge in [-0.25, -0.2) is 0 Å². The van der Waals surface area contributed by atoms with Crippen LogP contribution >= 0.6 is 11.6 Å². The molecule has 90 valence electrons. The predicted octanol–water partition coefficient (Wildman–Crippen LogP) is 2.85. The Labute approximate surface area is 106 Å². The second-order valence-corrected chi connectivity index (χ2v) is 4.40. The fraction of sp³-hybridized carbons (Fsp3) is 0.308. The molecule has 2 rings (SSSR count). The lowest BCUT2D eigenvalue weighted by Gasteiger charge is -2.03. The zero-order valence-electron chi connectivity index (χ0n) is 10.1. The molecule has 0 radical (unpaired) electrons. The van der Waals surface area contributed by atoms with E-state index < -0.39 is 0 Å². The molecular weight excluding hydrogens is 234 g/mol. The van der Waals surface area contributed by atoms with Crippen molar-refractivity contribution in [2.24, 2.45) is 7.05 Å². The van der Waals surface area contributed by atoms with Gasteiger partial charge < -0.3 is 5.32 Å². The number of hydrogen-bond acceptors (Lipinski definition) is 2. The Hall–Kier alpha value is -1.32. The molecule has 1 N–H and O–H groups in total. The maximum atomic E-state index is 6.01. The van der Waals surface area contributed by atoms with Gasteiger partial charge in [-0.3, -0.25) is 4.68 Å². The first-order valence-corrected chi connectivity index (χ1v) is 6.07. The number of aromatic nitrogens is 2. The van der Waals surface area contributed by atoms with Crippen LogP contribution in [0, 0.1) is 0 Å². The summed E-state index contributed by atoms with van der Waals surface area (Å²) < 4.78 is 1.84. The summed E-state index contributed by atoms with van der Waals surface area (Å²) in [6.45, 7) is 3.87. The van der Waals surface area contributed by atoms with Gasteiger partial charge in [-0.1, -0.05) is 30.7 Å². The van der Waals surface area contributed by atoms with E-state index in [-0.39, 0.29) is 0 Å². The van der Waals surface area contributed by atoms with Crippen LogP contribution in [-0.4, -0.2) is 16.3 Å². The van der Waals surface area contributed by atoms with Gasteiger partial charge in [0.05, 0.1) is 5.69 Å². The number of nitrogens with zero attached hydrogens (tertiary/aromatic N) is 2. The van der Waals surface area contributed by atoms with Crippen LogP contribution < -0.4 is 5.32 Å². The molecule has 1 aromatic carbocycles. The molecule has 3 nitrogen and oxygen atoms in total. The fourth-order valence-electron chi connectivity index (χ4n) is 1.81. The average molecular weight is 250 g/mol. The van der Waals surface area contributed by atoms with Crippen LogP contribution in [0.3, 0.4) is 0 Å². The summed E-state index contributed by atoms with van der Waals surface area (Å²) in [4.78, 5) is 0. The highest BCUT2D eigenvalue weighted by atomic mass is 35.5. The van der Waals surface area contributed by atoms with Crippen molar-refractivity contribution in [2.45, 2.75) is 13.5 Å². The first kappa shape index (κ1) is 12.1. The molecule has 17 heavy (non-hydrogen) atoms. The molecule has 0 aliphatic carbocycles. The molecule has 0 saturated carbocycles. The highest BCUT2D eigenvalue weighted by molar-refractivity contribution is 6.30. The number of hydrogen-bond donors (Lipinski definition) is 1. The van der Waals surface area contributed by atoms with Crippen molar-refractivity contribution in [1.29, 1.82) is 0 Å². The molecule has 1 aromatic heterocycles. The Balaban J connectivity index is 2.37. The molecule has 0 aliphatic rings. The Morgan fingerprint density at radius 3 is 2.94 bits per heavy atom. The molecule has 0 aliphatic heterocycles. The van der Waals surface area contributed by atoms with Crippen molar-refractivity contribution in [3.63, 3.8) is 0 Å². The first-order chi connectivity index (χ1) is 8.20. The van der Waals surface area contributed by atoms with Crippen molar-refractivity contribution < 1.29 is 0 Å². The molecule has 0 atom stereocenters. The number of benzene rings is 1. The molecule has 1 heterocycles. The highest BCUT2D eigenvalue weighted by Crippen LogP contribution is 2.24. The van der Waals surface area contributed by atoms with Crippen LogP contribution in [0.2, 0.25) is 5.02 Å². The van der Waals surface area contributed by atoms with Gasteiger partial charge in [-0.2, -0.15) is 5.10 Å². The van der Waals surface area contributed by atoms with E-state index >= 15 is 0 Å². The van der Waals surface area contributed by atoms with E-state index in [1.165, 1.54) is 5.56 Å². The number of nitrogens with one attached hydrogen (secondary N) is 1. The molecular formula is C13H16ClN3. The summed E-state index contributed by atoms with van der Waals surface area (Å²) in [6, 6.07) is 7.80. The van der Waals surface area contributed by atoms with Gasteiger partial charge in [0.25, 0.3) is 0 Å². The maximum absolute atomic E-state index is 6.01. The third-order valence-electron chi connectivity index (χ3n) is 2.57. The SMILES string of the molecule is CCNCc1cn(C)nc1-c1cccc(Cl)c1. The third-order valence-corrected chi connectivity index (χ3v) is 2.80. The minimum atomic E-state index is 0.738. The van der Waals surface area contributed by atoms with Crippen molar-refractivity contribution in [3.8, 4) is 11.3 Å². The third kappa shape index (κ3) is 2.87. The second kappa shape index (κ2) is 5.34. The van der Waals surface area contributed by atoms with Crippen molar-refractivity contribution in [1.82, 2.24) is 15.1 Å². The summed E-state index contributed by atoms with van der Waals surface area (Å²) in [5, 5.41) is 8.55. The lowest BCUT2D eigenvalue weighted by Crippen LogP contribution is -2.11. The summed E-state index contributed by atoms with van der Waals surface area (Å²) in [7, 11) is 1.93. The second-order valence-electron chi connectivity index (χ2n) is 3.97. The zero-order valence-corrected chi connectivity index (χ0v) is 10.8. The van der Waals surface area contributed by atoms with Crippen LogP contribution in [0.1, 0.15) is 12.5 Å². The van der Waals surface area contributed by atoms with Gasteiger partial charge in [-0.05, 0) is 18.7 Å². The minimum Gasteiger partial charge on any atom is -0.313 e. The Bertz CT molecular complexity index is 505. The Morgan fingerprint density at radius 1 is 1.41 bits per heavy atom. The smallest absolute Gasteiger partial charge is 0.0968 e. The first-order valence-electron chi connectivity index (χ1n) is 5.70. The van der Waals surface area contributed by atoms with Crippen LogP contribution in [0.15, 0.2) is 30.5 Å². The summed E-state index contributed by atoms with van der Waals surface area (Å²) in [5.74, 6) is 0. The van der Waals surface area contributed by atoms with Crippen LogP contribution in [0.4, 0.5) is 0 Å². The topological polar surface area (TPSA) is 29.9 Å². The molecule has 2 aromatic rings. The van der Waals surface area contributed by atoms with E-state index in [4.69, 9.17) is 11.6 Å². The van der Waals surface area contributed by atoms with Gasteiger partial charge in [0, 0.05) is 35.9 Å². The van der Waals surface area contributed by atoms with E-state index in [9.17, 15) is 0 Å². The monoisotopic (exact) mass is 249 g/mol. The largest absolute Gasteiger partial charge is 0.313 e. The van der Waals surface area contributed by atoms with E-state index in [1.54, 1.807) is 0 Å². The molecule has 4 heteroatoms. The Kier molecular flexibility index (Phi) is 3.82. The summed E-state index contributed by atoms with van der Waals surface area (Å²) >= 11 is 6.01. The zero-order chi connectivity index (χ0) is 12.3. The molecule has 0 saturated heterocycles. The molecule has 0 bridgehead atoms. The maximum Gasteiger partial charge on any atom is 0.0968 e. The van der Waals surface area contributed by atoms with Crippen LogP contribution in [0.25, 0.3) is 11.3 Å². The fourth-order valence-corrected chi connectivity index (χ4v) is 2.00. The van der Waals surface area contributed by atoms with Gasteiger partial charge in [0.2, 0.25) is 0 Å². The van der Waals surface area contributed by atoms with Crippen LogP contribution in [-0.2, 0) is 13.6 Å². The highest BCUT2D eigenvalue weighted by Gasteiger charge is 2.09. The van der Waals surface area contributed by atoms with Gasteiger partial charge in [0.1, 0.15) is 0 Å². The number of rotatable bonds is 4. The lowest BCUT2D eigenvalue weighted by molar-refractivity contribution is 0.724. The standard InChI is InChI=1S/C13H16ClN3/c1-3-15-8-11-9-17(2)16-13(11)10-5-4-6-12(14)7-10/h4-7,9,15H,3,8H2,1-2H3. The van der Waals surface area contributed by atoms with Gasteiger partial charge >= 0.3 is 0 Å². The van der Waals surface area contributed by atoms with E-state index in [1.807, 2.05) is 42.2 Å². The van der Waals surface area contributed by atoms with Crippen molar-refractivity contribution in [2.75, 3.05) is 6.54 Å². The number of halogens is 1. The van der Waals surface area contributed by atoms with Gasteiger partial charge in [-0.15, -0.1) is 0 Å². The van der Waals surface area contributed by atoms with Crippen molar-refractivity contribution in [3.05, 3.63) is 41.0 Å². The normalized spacial score (nSPS) is 10.8. The van der Waals surface area contributed by atoms with E-state index in [0.29, 0.717) is 0 Å². The molecule has 0 fully saturated rings. The van der Waals surface area contributed by atoms with E-state index in [2.05, 4.69) is 17.3 Å². The average Bonchev–Trinajstić information content (AvgIpc) is 2.68. The number of aryl methyl sites for hydroxylation is 1. The van der Waals surface area contributed by atoms with Crippen LogP contribution in [0.5, 0.6) is 0 Å². The predicted molar refractivity (Wildman–Crippen MR) is 71.0 cm³/mol. The summed E-state index contributed by atoms with van der Waals surface area (Å²) in [6.07, 6.45) is 2.04. The Morgan fingerprint density at radius 2 is 2.24 bits per heavy atom. The van der Waals surface area contributed by atoms with E-state index in [0.717, 1.165) is 29.4 Å². The minimum absolute atomic E-state index is 0.738. The lowest BCUT2D eigenvalue weighted by atomic mass is 10.1. The van der Waals surface area contributed by atoms with Crippen molar-refractivity contribution >= 4 is 11.6 Å². The quantitative estimate of drug-likeness (QED) is 0.903. The molecule has 0 amide bonds. The summed E-state index contributed by atoms with van der Waals surface area (Å²) in [5.41, 5.74) is 3.25. The molecule has 0 spiro atoms. The molecule has 0 unspecified atom stereocenters. The van der Waals surface area contributed by atoms with Gasteiger partial charge in [0.15, 0.2) is 0 Å².